The number of pyridine rings is 2. The van der Waals surface area contributed by atoms with E-state index in [0.29, 0.717) is 75.9 Å². The van der Waals surface area contributed by atoms with E-state index >= 15 is 0 Å². The summed E-state index contributed by atoms with van der Waals surface area (Å²) in [6.45, 7) is 3.83. The zero-order valence-electron chi connectivity index (χ0n) is 29.9. The van der Waals surface area contributed by atoms with Crippen LogP contribution in [0.2, 0.25) is 0 Å². The highest BCUT2D eigenvalue weighted by molar-refractivity contribution is 5.98. The summed E-state index contributed by atoms with van der Waals surface area (Å²) in [6.07, 6.45) is 15.7. The maximum Gasteiger partial charge on any atom is 0.339 e. The fourth-order valence-electron chi connectivity index (χ4n) is 5.24. The first-order valence-corrected chi connectivity index (χ1v) is 16.9. The molecule has 6 rings (SSSR count). The molecule has 0 unspecified atom stereocenters. The summed E-state index contributed by atoms with van der Waals surface area (Å²) in [5.41, 5.74) is 3.10. The number of aromatic carboxylic acids is 2. The molecule has 0 fully saturated rings. The molecule has 16 heteroatoms. The van der Waals surface area contributed by atoms with Gasteiger partial charge in [-0.1, -0.05) is 36.1 Å². The van der Waals surface area contributed by atoms with Crippen LogP contribution in [0.4, 0.5) is 0 Å². The maximum atomic E-state index is 12.9. The summed E-state index contributed by atoms with van der Waals surface area (Å²) in [5.74, 6) is 1.26. The van der Waals surface area contributed by atoms with Crippen LogP contribution in [0.25, 0.3) is 34.2 Å². The lowest BCUT2D eigenvalue weighted by Crippen LogP contribution is -2.01. The molecule has 0 atom stereocenters. The van der Waals surface area contributed by atoms with E-state index in [9.17, 15) is 29.4 Å². The van der Waals surface area contributed by atoms with Crippen molar-refractivity contribution in [3.63, 3.8) is 0 Å². The molecule has 4 aromatic heterocycles. The van der Waals surface area contributed by atoms with Gasteiger partial charge in [0.25, 0.3) is 0 Å². The summed E-state index contributed by atoms with van der Waals surface area (Å²) in [7, 11) is 0. The number of carboxylic acids is 2. The van der Waals surface area contributed by atoms with Crippen molar-refractivity contribution >= 4 is 23.5 Å². The van der Waals surface area contributed by atoms with Crippen LogP contribution in [0.5, 0.6) is 11.5 Å². The number of benzene rings is 2. The van der Waals surface area contributed by atoms with Gasteiger partial charge in [-0.05, 0) is 61.4 Å². The predicted octanol–water partition coefficient (Wildman–Crippen LogP) is 5.39. The number of carboxylic acid groups (broad SMARTS) is 2. The van der Waals surface area contributed by atoms with Crippen molar-refractivity contribution in [2.75, 3.05) is 0 Å². The molecular weight excluding hydrogens is 720 g/mol. The van der Waals surface area contributed by atoms with E-state index in [1.807, 2.05) is 13.8 Å². The lowest BCUT2D eigenvalue weighted by atomic mass is 10.0. The number of carbonyl (C=O) groups excluding carboxylic acids is 2. The lowest BCUT2D eigenvalue weighted by Gasteiger charge is -2.06. The first-order chi connectivity index (χ1) is 26.8. The van der Waals surface area contributed by atoms with Gasteiger partial charge in [-0.2, -0.15) is 0 Å². The first-order valence-electron chi connectivity index (χ1n) is 16.9. The molecule has 2 aromatic carbocycles. The minimum Gasteiger partial charge on any atom is -0.507 e. The van der Waals surface area contributed by atoms with Crippen molar-refractivity contribution in [3.8, 4) is 70.3 Å². The third kappa shape index (κ3) is 8.96. The summed E-state index contributed by atoms with van der Waals surface area (Å²) >= 11 is 0. The third-order valence-electron chi connectivity index (χ3n) is 8.01. The van der Waals surface area contributed by atoms with Crippen LogP contribution < -0.4 is 0 Å². The van der Waals surface area contributed by atoms with E-state index in [-0.39, 0.29) is 22.7 Å². The number of rotatable bonds is 12. The van der Waals surface area contributed by atoms with E-state index in [1.165, 1.54) is 58.2 Å². The van der Waals surface area contributed by atoms with E-state index in [0.717, 1.165) is 6.42 Å². The number of hydrogen-bond acceptors (Lipinski definition) is 12. The standard InChI is InChI=1S/C27H21N7O7.C13H11NO/c1-2-3-23(35)14-8-19(21-12-33(31-29-21)15-4-6-17(26(38)39)24(36)10-15)28-20(9-14)22-13-34(32-30-22)16-5-7-18(27(40)41)25(37)11-16;1-4-7-13(15)10-8-11(5-2)14-12(6-3)9-10/h4-13,36-37H,2-3H2,1H3,(H,38,39)(H,40,41);2-3,8-9H,4,7H2,1H3. The molecule has 4 N–H and O–H groups in total. The molecule has 0 bridgehead atoms. The molecule has 16 nitrogen and oxygen atoms in total. The van der Waals surface area contributed by atoms with Crippen LogP contribution >= 0.6 is 0 Å². The minimum absolute atomic E-state index is 0.0490. The molecule has 0 saturated heterocycles. The number of phenols is 2. The normalized spacial score (nSPS) is 10.4. The highest BCUT2D eigenvalue weighted by Gasteiger charge is 2.18. The van der Waals surface area contributed by atoms with Crippen molar-refractivity contribution in [3.05, 3.63) is 107 Å². The lowest BCUT2D eigenvalue weighted by molar-refractivity contribution is 0.0682. The molecule has 0 amide bonds. The van der Waals surface area contributed by atoms with Crippen LogP contribution in [0.3, 0.4) is 0 Å². The Morgan fingerprint density at radius 3 is 1.38 bits per heavy atom. The Morgan fingerprint density at radius 1 is 0.607 bits per heavy atom. The van der Waals surface area contributed by atoms with Gasteiger partial charge in [-0.15, -0.1) is 23.0 Å². The highest BCUT2D eigenvalue weighted by atomic mass is 16.4. The molecule has 0 spiro atoms. The second-order valence-corrected chi connectivity index (χ2v) is 12.0. The van der Waals surface area contributed by atoms with Gasteiger partial charge in [-0.3, -0.25) is 9.59 Å². The second-order valence-electron chi connectivity index (χ2n) is 12.0. The topological polar surface area (TPSA) is 236 Å². The van der Waals surface area contributed by atoms with Crippen LogP contribution in [0.1, 0.15) is 92.4 Å². The van der Waals surface area contributed by atoms with Crippen molar-refractivity contribution in [2.45, 2.75) is 39.5 Å². The SMILES string of the molecule is C#Cc1cc(C(=O)CCC)cc(C#C)n1.CCCC(=O)c1cc(-c2cn(-c3ccc(C(=O)O)c(O)c3)nn2)nc(-c2cn(-c3ccc(C(=O)O)c(O)c3)nn2)c1. The molecule has 0 aliphatic carbocycles. The molecule has 6 aromatic rings. The van der Waals surface area contributed by atoms with Gasteiger partial charge in [0, 0.05) is 36.1 Å². The number of carbonyl (C=O) groups is 4. The average Bonchev–Trinajstić information content (AvgIpc) is 3.89. The van der Waals surface area contributed by atoms with Crippen LogP contribution in [-0.4, -0.2) is 83.9 Å². The monoisotopic (exact) mass is 752 g/mol. The van der Waals surface area contributed by atoms with Gasteiger partial charge in [0.2, 0.25) is 0 Å². The fraction of sp³-hybridized carbons (Fsp3) is 0.150. The molecule has 0 aliphatic heterocycles. The third-order valence-corrected chi connectivity index (χ3v) is 8.01. The van der Waals surface area contributed by atoms with Crippen molar-refractivity contribution in [2.24, 2.45) is 0 Å². The zero-order chi connectivity index (χ0) is 40.5. The summed E-state index contributed by atoms with van der Waals surface area (Å²) < 4.78 is 2.65. The number of aromatic hydroxyl groups is 2. The summed E-state index contributed by atoms with van der Waals surface area (Å²) in [6, 6.07) is 14.2. The van der Waals surface area contributed by atoms with E-state index in [4.69, 9.17) is 23.1 Å². The van der Waals surface area contributed by atoms with Crippen LogP contribution in [-0.2, 0) is 0 Å². The molecule has 280 valence electrons. The van der Waals surface area contributed by atoms with Crippen LogP contribution in [0.15, 0.2) is 73.1 Å². The van der Waals surface area contributed by atoms with Gasteiger partial charge >= 0.3 is 11.9 Å². The Hall–Kier alpha value is -7.98. The highest BCUT2D eigenvalue weighted by Crippen LogP contribution is 2.27. The molecule has 4 heterocycles. The Kier molecular flexibility index (Phi) is 12.1. The maximum absolute atomic E-state index is 12.9. The summed E-state index contributed by atoms with van der Waals surface area (Å²) in [4.78, 5) is 55.5. The van der Waals surface area contributed by atoms with Gasteiger partial charge < -0.3 is 20.4 Å². The number of aromatic nitrogens is 8. The van der Waals surface area contributed by atoms with Crippen molar-refractivity contribution < 1.29 is 39.6 Å². The number of hydrogen-bond donors (Lipinski definition) is 4. The second kappa shape index (κ2) is 17.2. The smallest absolute Gasteiger partial charge is 0.339 e. The van der Waals surface area contributed by atoms with Gasteiger partial charge in [-0.25, -0.2) is 28.9 Å². The Bertz CT molecular complexity index is 2430. The quantitative estimate of drug-likeness (QED) is 0.0906. The van der Waals surface area contributed by atoms with E-state index < -0.39 is 23.4 Å². The fourth-order valence-corrected chi connectivity index (χ4v) is 5.24. The minimum atomic E-state index is -1.27. The number of terminal acetylenes is 2. The molecule has 0 saturated carbocycles. The number of nitrogens with zero attached hydrogens (tertiary/aromatic N) is 8. The van der Waals surface area contributed by atoms with E-state index in [2.05, 4.69) is 42.4 Å². The largest absolute Gasteiger partial charge is 0.507 e. The molecular formula is C40H32N8O8. The Labute approximate surface area is 319 Å². The average molecular weight is 753 g/mol. The van der Waals surface area contributed by atoms with Crippen molar-refractivity contribution in [1.82, 2.24) is 40.0 Å². The molecule has 0 radical (unpaired) electrons. The Morgan fingerprint density at radius 2 is 1.02 bits per heavy atom. The van der Waals surface area contributed by atoms with Crippen LogP contribution in [0, 0.1) is 24.7 Å². The first kappa shape index (κ1) is 39.2. The molecule has 56 heavy (non-hydrogen) atoms. The molecule has 0 aliphatic rings. The Balaban J connectivity index is 0.000000337. The van der Waals surface area contributed by atoms with Gasteiger partial charge in [0.05, 0.1) is 35.2 Å². The van der Waals surface area contributed by atoms with E-state index in [1.54, 1.807) is 24.3 Å². The van der Waals surface area contributed by atoms with Crippen molar-refractivity contribution in [1.29, 1.82) is 0 Å². The summed E-state index contributed by atoms with van der Waals surface area (Å²) in [5, 5.41) is 54.8. The zero-order valence-corrected chi connectivity index (χ0v) is 29.9. The predicted molar refractivity (Wildman–Crippen MR) is 201 cm³/mol. The van der Waals surface area contributed by atoms with Gasteiger partial charge in [0.15, 0.2) is 11.6 Å². The van der Waals surface area contributed by atoms with Gasteiger partial charge in [0.1, 0.15) is 45.4 Å². The number of ketones is 2. The number of Topliss-reactive ketones (excluding diaryl/α,β-unsaturated/α-hetero) is 2.